The van der Waals surface area contributed by atoms with E-state index in [1.165, 1.54) is 0 Å². The van der Waals surface area contributed by atoms with Gasteiger partial charge in [-0.25, -0.2) is 0 Å². The first-order valence-corrected chi connectivity index (χ1v) is 6.93. The molecule has 4 aromatic rings. The van der Waals surface area contributed by atoms with Crippen LogP contribution in [0.25, 0.3) is 22.0 Å². The van der Waals surface area contributed by atoms with E-state index < -0.39 is 0 Å². The molecule has 1 N–H and O–H groups in total. The summed E-state index contributed by atoms with van der Waals surface area (Å²) in [4.78, 5) is 16.8. The third-order valence-corrected chi connectivity index (χ3v) is 3.69. The maximum Gasteiger partial charge on any atom is 0.302 e. The number of carbonyl (C=O) groups is 1. The average Bonchev–Trinajstić information content (AvgIpc) is 3.10. The molecule has 0 aliphatic heterocycles. The zero-order valence-electron chi connectivity index (χ0n) is 11.9. The van der Waals surface area contributed by atoms with Crippen molar-refractivity contribution in [2.45, 2.75) is 0 Å². The van der Waals surface area contributed by atoms with Crippen LogP contribution in [0.2, 0.25) is 0 Å². The zero-order valence-corrected chi connectivity index (χ0v) is 11.9. The van der Waals surface area contributed by atoms with Gasteiger partial charge >= 0.3 is 6.01 Å². The largest absolute Gasteiger partial charge is 0.423 e. The third-order valence-electron chi connectivity index (χ3n) is 3.69. The number of amides is 1. The molecule has 0 saturated heterocycles. The van der Waals surface area contributed by atoms with Gasteiger partial charge < -0.3 is 8.98 Å². The van der Waals surface area contributed by atoms with Gasteiger partial charge in [0.2, 0.25) is 0 Å². The number of aromatic nitrogens is 2. The highest BCUT2D eigenvalue weighted by Gasteiger charge is 2.14. The van der Waals surface area contributed by atoms with Gasteiger partial charge in [0.1, 0.15) is 5.52 Å². The second kappa shape index (κ2) is 4.73. The van der Waals surface area contributed by atoms with Crippen LogP contribution in [-0.2, 0) is 7.05 Å². The van der Waals surface area contributed by atoms with Crippen LogP contribution in [0.15, 0.2) is 59.1 Å². The number of fused-ring (bicyclic) bond motifs is 2. The van der Waals surface area contributed by atoms with Crippen molar-refractivity contribution in [2.24, 2.45) is 7.05 Å². The van der Waals surface area contributed by atoms with Crippen molar-refractivity contribution >= 4 is 33.9 Å². The van der Waals surface area contributed by atoms with E-state index in [0.29, 0.717) is 11.1 Å². The topological polar surface area (TPSA) is 60.1 Å². The molecule has 108 valence electrons. The van der Waals surface area contributed by atoms with Crippen molar-refractivity contribution in [3.63, 3.8) is 0 Å². The van der Waals surface area contributed by atoms with Gasteiger partial charge in [-0.2, -0.15) is 4.98 Å². The van der Waals surface area contributed by atoms with Crippen molar-refractivity contribution in [3.8, 4) is 0 Å². The Kier molecular flexibility index (Phi) is 2.72. The quantitative estimate of drug-likeness (QED) is 0.614. The number of nitrogens with one attached hydrogen (secondary N) is 1. The summed E-state index contributed by atoms with van der Waals surface area (Å²) in [7, 11) is 1.95. The van der Waals surface area contributed by atoms with Crippen LogP contribution < -0.4 is 5.32 Å². The number of rotatable bonds is 2. The third kappa shape index (κ3) is 1.95. The van der Waals surface area contributed by atoms with Gasteiger partial charge in [0.15, 0.2) is 5.58 Å². The fourth-order valence-corrected chi connectivity index (χ4v) is 2.59. The first kappa shape index (κ1) is 12.6. The van der Waals surface area contributed by atoms with Gasteiger partial charge in [-0.15, -0.1) is 0 Å². The summed E-state index contributed by atoms with van der Waals surface area (Å²) in [5.74, 6) is -0.233. The number of anilines is 1. The maximum absolute atomic E-state index is 12.5. The lowest BCUT2D eigenvalue weighted by Gasteiger charge is -2.03. The number of para-hydroxylation sites is 2. The number of nitrogens with zero attached hydrogens (tertiary/aromatic N) is 2. The predicted molar refractivity (Wildman–Crippen MR) is 84.9 cm³/mol. The Hall–Kier alpha value is -3.08. The molecule has 0 bridgehead atoms. The van der Waals surface area contributed by atoms with E-state index in [-0.39, 0.29) is 11.9 Å². The molecular weight excluding hydrogens is 278 g/mol. The second-order valence-electron chi connectivity index (χ2n) is 5.11. The maximum atomic E-state index is 12.5. The highest BCUT2D eigenvalue weighted by Crippen LogP contribution is 2.22. The van der Waals surface area contributed by atoms with Crippen molar-refractivity contribution < 1.29 is 9.21 Å². The molecule has 2 heterocycles. The Morgan fingerprint density at radius 3 is 2.86 bits per heavy atom. The summed E-state index contributed by atoms with van der Waals surface area (Å²) in [6.45, 7) is 0. The zero-order chi connectivity index (χ0) is 15.1. The number of aryl methyl sites for hydroxylation is 1. The normalized spacial score (nSPS) is 11.1. The van der Waals surface area contributed by atoms with Crippen molar-refractivity contribution in [1.29, 1.82) is 0 Å². The fraction of sp³-hybridized carbons (Fsp3) is 0.0588. The lowest BCUT2D eigenvalue weighted by atomic mass is 10.1. The molecule has 0 radical (unpaired) electrons. The molecule has 2 aromatic carbocycles. The smallest absolute Gasteiger partial charge is 0.302 e. The van der Waals surface area contributed by atoms with Gasteiger partial charge in [0, 0.05) is 29.7 Å². The van der Waals surface area contributed by atoms with Crippen molar-refractivity contribution in [3.05, 3.63) is 60.3 Å². The molecule has 0 atom stereocenters. The SMILES string of the molecule is Cn1ccc2c(C(=O)Nc3nc4ccccc4o3)cccc21. The van der Waals surface area contributed by atoms with Gasteiger partial charge in [-0.05, 0) is 30.3 Å². The molecule has 0 aliphatic carbocycles. The monoisotopic (exact) mass is 291 g/mol. The van der Waals surface area contributed by atoms with E-state index in [1.807, 2.05) is 60.3 Å². The molecule has 0 spiro atoms. The van der Waals surface area contributed by atoms with Crippen LogP contribution >= 0.6 is 0 Å². The molecule has 4 rings (SSSR count). The van der Waals surface area contributed by atoms with E-state index in [1.54, 1.807) is 6.07 Å². The number of oxazole rings is 1. The van der Waals surface area contributed by atoms with E-state index >= 15 is 0 Å². The summed E-state index contributed by atoms with van der Waals surface area (Å²) in [6, 6.07) is 15.2. The molecule has 0 unspecified atom stereocenters. The van der Waals surface area contributed by atoms with Crippen LogP contribution in [0.5, 0.6) is 0 Å². The van der Waals surface area contributed by atoms with Gasteiger partial charge in [-0.1, -0.05) is 18.2 Å². The summed E-state index contributed by atoms with van der Waals surface area (Å²) in [5, 5.41) is 3.62. The summed E-state index contributed by atoms with van der Waals surface area (Å²) >= 11 is 0. The molecule has 1 amide bonds. The summed E-state index contributed by atoms with van der Waals surface area (Å²) in [6.07, 6.45) is 1.93. The highest BCUT2D eigenvalue weighted by molar-refractivity contribution is 6.12. The van der Waals surface area contributed by atoms with Gasteiger partial charge in [-0.3, -0.25) is 10.1 Å². The van der Waals surface area contributed by atoms with Crippen molar-refractivity contribution in [1.82, 2.24) is 9.55 Å². The molecule has 5 nitrogen and oxygen atoms in total. The first-order valence-electron chi connectivity index (χ1n) is 6.93. The summed E-state index contributed by atoms with van der Waals surface area (Å²) < 4.78 is 7.51. The summed E-state index contributed by atoms with van der Waals surface area (Å²) in [5.41, 5.74) is 2.97. The molecule has 0 aliphatic rings. The second-order valence-corrected chi connectivity index (χ2v) is 5.11. The molecule has 2 aromatic heterocycles. The van der Waals surface area contributed by atoms with Crippen LogP contribution in [0.1, 0.15) is 10.4 Å². The number of hydrogen-bond donors (Lipinski definition) is 1. The van der Waals surface area contributed by atoms with Crippen LogP contribution in [0, 0.1) is 0 Å². The molecule has 5 heteroatoms. The molecule has 22 heavy (non-hydrogen) atoms. The van der Waals surface area contributed by atoms with E-state index in [0.717, 1.165) is 16.4 Å². The van der Waals surface area contributed by atoms with Crippen molar-refractivity contribution in [2.75, 3.05) is 5.32 Å². The van der Waals surface area contributed by atoms with Crippen LogP contribution in [-0.4, -0.2) is 15.5 Å². The number of hydrogen-bond acceptors (Lipinski definition) is 3. The molecule has 0 saturated carbocycles. The Morgan fingerprint density at radius 1 is 1.14 bits per heavy atom. The number of carbonyl (C=O) groups excluding carboxylic acids is 1. The fourth-order valence-electron chi connectivity index (χ4n) is 2.59. The highest BCUT2D eigenvalue weighted by atomic mass is 16.4. The van der Waals surface area contributed by atoms with E-state index in [9.17, 15) is 4.79 Å². The Balaban J connectivity index is 1.71. The number of benzene rings is 2. The predicted octanol–water partition coefficient (Wildman–Crippen LogP) is 3.57. The minimum atomic E-state index is -0.233. The lowest BCUT2D eigenvalue weighted by Crippen LogP contribution is -2.12. The van der Waals surface area contributed by atoms with E-state index in [4.69, 9.17) is 4.42 Å². The lowest BCUT2D eigenvalue weighted by molar-refractivity contribution is 0.102. The molecule has 0 fully saturated rings. The molecular formula is C17H13N3O2. The Morgan fingerprint density at radius 2 is 2.00 bits per heavy atom. The average molecular weight is 291 g/mol. The van der Waals surface area contributed by atoms with Gasteiger partial charge in [0.25, 0.3) is 5.91 Å². The van der Waals surface area contributed by atoms with Gasteiger partial charge in [0.05, 0.1) is 0 Å². The van der Waals surface area contributed by atoms with Crippen LogP contribution in [0.4, 0.5) is 6.01 Å². The minimum absolute atomic E-state index is 0.208. The Labute approximate surface area is 126 Å². The Bertz CT molecular complexity index is 964. The van der Waals surface area contributed by atoms with E-state index in [2.05, 4.69) is 10.3 Å². The van der Waals surface area contributed by atoms with Crippen LogP contribution in [0.3, 0.4) is 0 Å². The first-order chi connectivity index (χ1) is 10.7. The minimum Gasteiger partial charge on any atom is -0.423 e. The standard InChI is InChI=1S/C17H13N3O2/c1-20-10-9-11-12(5-4-7-14(11)20)16(21)19-17-18-13-6-2-3-8-15(13)22-17/h2-10H,1H3,(H,18,19,21).